The molecule has 1 N–H and O–H groups in total. The highest BCUT2D eigenvalue weighted by Gasteiger charge is 2.57. The van der Waals surface area contributed by atoms with E-state index in [0.29, 0.717) is 50.9 Å². The summed E-state index contributed by atoms with van der Waals surface area (Å²) in [7, 11) is 0. The van der Waals surface area contributed by atoms with Crippen LogP contribution in [0, 0.1) is 23.7 Å². The second-order valence-electron chi connectivity index (χ2n) is 9.13. The molecule has 4 atom stereocenters. The Bertz CT molecular complexity index is 1300. The zero-order chi connectivity index (χ0) is 22.0. The zero-order valence-corrected chi connectivity index (χ0v) is 18.5. The molecule has 3 aliphatic rings. The number of carbonyl (C=O) groups excluding carboxylic acids is 1. The number of nitrogens with zero attached hydrogens (tertiary/aromatic N) is 2. The number of ketones is 1. The average molecular weight is 447 g/mol. The number of halogens is 1. The molecule has 6 rings (SSSR count). The van der Waals surface area contributed by atoms with Crippen molar-refractivity contribution in [3.05, 3.63) is 64.5 Å². The van der Waals surface area contributed by atoms with E-state index in [2.05, 4.69) is 16.9 Å². The number of ether oxygens (including phenoxy) is 1. The van der Waals surface area contributed by atoms with Crippen LogP contribution in [0.4, 0.5) is 0 Å². The third-order valence-corrected chi connectivity index (χ3v) is 7.71. The molecule has 5 nitrogen and oxygen atoms in total. The minimum atomic E-state index is -0.0452. The van der Waals surface area contributed by atoms with Gasteiger partial charge in [0.25, 0.3) is 0 Å². The van der Waals surface area contributed by atoms with Crippen LogP contribution in [0.3, 0.4) is 0 Å². The van der Waals surface area contributed by atoms with Crippen LogP contribution in [0.2, 0.25) is 5.02 Å². The Morgan fingerprint density at radius 1 is 1.09 bits per heavy atom. The first-order valence-electron chi connectivity index (χ1n) is 11.2. The fraction of sp³-hybridized carbons (Fsp3) is 0.346. The molecule has 0 saturated heterocycles. The van der Waals surface area contributed by atoms with E-state index in [-0.39, 0.29) is 17.6 Å². The number of Topliss-reactive ketones (excluding diaryl/α,β-unsaturated/α-hetero) is 1. The van der Waals surface area contributed by atoms with Crippen molar-refractivity contribution in [1.82, 2.24) is 9.97 Å². The van der Waals surface area contributed by atoms with Gasteiger partial charge in [-0.3, -0.25) is 4.79 Å². The lowest BCUT2D eigenvalue weighted by atomic mass is 9.80. The van der Waals surface area contributed by atoms with Gasteiger partial charge in [0.15, 0.2) is 5.78 Å². The molecular weight excluding hydrogens is 424 g/mol. The fourth-order valence-electron chi connectivity index (χ4n) is 6.09. The summed E-state index contributed by atoms with van der Waals surface area (Å²) in [4.78, 5) is 22.3. The average Bonchev–Trinajstić information content (AvgIpc) is 3.47. The maximum atomic E-state index is 13.4. The zero-order valence-electron chi connectivity index (χ0n) is 17.7. The molecule has 2 fully saturated rings. The van der Waals surface area contributed by atoms with Crippen LogP contribution in [-0.4, -0.2) is 20.9 Å². The van der Waals surface area contributed by atoms with Gasteiger partial charge in [-0.05, 0) is 79.0 Å². The molecule has 2 aromatic carbocycles. The van der Waals surface area contributed by atoms with Gasteiger partial charge in [-0.1, -0.05) is 24.6 Å². The van der Waals surface area contributed by atoms with Crippen molar-refractivity contribution >= 4 is 34.0 Å². The molecular formula is C26H23ClN2O3. The smallest absolute Gasteiger partial charge is 0.238 e. The highest BCUT2D eigenvalue weighted by Crippen LogP contribution is 2.60. The number of allylic oxidation sites excluding steroid dienone is 2. The van der Waals surface area contributed by atoms with E-state index < -0.39 is 0 Å². The lowest BCUT2D eigenvalue weighted by molar-refractivity contribution is -0.118. The Labute approximate surface area is 191 Å². The maximum Gasteiger partial charge on any atom is 0.238 e. The first-order chi connectivity index (χ1) is 15.5. The summed E-state index contributed by atoms with van der Waals surface area (Å²) in [6.07, 6.45) is 5.62. The summed E-state index contributed by atoms with van der Waals surface area (Å²) in [5.74, 6) is 2.14. The molecule has 1 aromatic heterocycles. The first-order valence-corrected chi connectivity index (χ1v) is 11.6. The predicted octanol–water partition coefficient (Wildman–Crippen LogP) is 6.15. The summed E-state index contributed by atoms with van der Waals surface area (Å²) < 4.78 is 6.01. The van der Waals surface area contributed by atoms with E-state index in [0.717, 1.165) is 36.8 Å². The van der Waals surface area contributed by atoms with E-state index in [1.807, 2.05) is 18.2 Å². The van der Waals surface area contributed by atoms with Crippen molar-refractivity contribution < 1.29 is 14.6 Å². The van der Waals surface area contributed by atoms with Crippen molar-refractivity contribution in [3.63, 3.8) is 0 Å². The van der Waals surface area contributed by atoms with Crippen molar-refractivity contribution in [1.29, 1.82) is 0 Å². The van der Waals surface area contributed by atoms with Gasteiger partial charge in [0.1, 0.15) is 11.5 Å². The van der Waals surface area contributed by atoms with Crippen molar-refractivity contribution in [2.24, 2.45) is 23.7 Å². The number of carbonyl (C=O) groups is 1. The Morgan fingerprint density at radius 2 is 1.91 bits per heavy atom. The molecule has 3 aromatic rings. The molecule has 0 radical (unpaired) electrons. The lowest BCUT2D eigenvalue weighted by Crippen LogP contribution is -2.24. The molecule has 0 unspecified atom stereocenters. The lowest BCUT2D eigenvalue weighted by Gasteiger charge is -2.23. The van der Waals surface area contributed by atoms with E-state index in [1.165, 1.54) is 0 Å². The normalized spacial score (nSPS) is 26.2. The first kappa shape index (κ1) is 19.7. The number of aliphatic hydroxyl groups excluding tert-OH is 1. The van der Waals surface area contributed by atoms with Crippen molar-refractivity contribution in [2.75, 3.05) is 0 Å². The van der Waals surface area contributed by atoms with E-state index >= 15 is 0 Å². The van der Waals surface area contributed by atoms with Crippen LogP contribution in [0.25, 0.3) is 16.6 Å². The number of hydrogen-bond donors (Lipinski definition) is 1. The summed E-state index contributed by atoms with van der Waals surface area (Å²) >= 11 is 6.03. The molecule has 0 spiro atoms. The van der Waals surface area contributed by atoms with Gasteiger partial charge in [0, 0.05) is 16.9 Å². The molecule has 0 amide bonds. The SMILES string of the molecule is CCc1ccc(Oc2cnc3cc(Cl)ccc3n2)cc1C1=C(O)[C@@H]2[C@@H]3CC[C@@H](C3)[C@@H]2C1=O. The highest BCUT2D eigenvalue weighted by molar-refractivity contribution is 6.31. The summed E-state index contributed by atoms with van der Waals surface area (Å²) in [6, 6.07) is 11.0. The van der Waals surface area contributed by atoms with E-state index in [9.17, 15) is 9.90 Å². The monoisotopic (exact) mass is 446 g/mol. The third kappa shape index (κ3) is 2.95. The van der Waals surface area contributed by atoms with Crippen molar-refractivity contribution in [3.8, 4) is 11.6 Å². The Hall–Kier alpha value is -2.92. The van der Waals surface area contributed by atoms with Crippen LogP contribution in [0.15, 0.2) is 48.4 Å². The second kappa shape index (κ2) is 7.31. The number of benzene rings is 2. The molecule has 2 bridgehead atoms. The molecule has 3 aliphatic carbocycles. The van der Waals surface area contributed by atoms with Gasteiger partial charge in [-0.15, -0.1) is 0 Å². The molecule has 2 saturated carbocycles. The molecule has 6 heteroatoms. The largest absolute Gasteiger partial charge is 0.511 e. The predicted molar refractivity (Wildman–Crippen MR) is 123 cm³/mol. The number of aliphatic hydroxyl groups is 1. The highest BCUT2D eigenvalue weighted by atomic mass is 35.5. The fourth-order valence-corrected chi connectivity index (χ4v) is 6.26. The standard InChI is InChI=1S/C26H23ClN2O3/c1-2-13-5-7-17(32-21-12-28-20-10-16(27)6-8-19(20)29-21)11-18(13)24-25(30)22-14-3-4-15(9-14)23(22)26(24)31/h5-8,10-12,14-15,22-23,30H,2-4,9H2,1H3/t14-,15+,22-,23+/m1/s1. The summed E-state index contributed by atoms with van der Waals surface area (Å²) in [5.41, 5.74) is 3.69. The van der Waals surface area contributed by atoms with Gasteiger partial charge < -0.3 is 9.84 Å². The molecule has 1 heterocycles. The topological polar surface area (TPSA) is 72.3 Å². The van der Waals surface area contributed by atoms with Gasteiger partial charge in [0.2, 0.25) is 5.88 Å². The molecule has 0 aliphatic heterocycles. The van der Waals surface area contributed by atoms with Crippen LogP contribution in [0.1, 0.15) is 37.3 Å². The minimum Gasteiger partial charge on any atom is -0.511 e. The van der Waals surface area contributed by atoms with Gasteiger partial charge in [-0.25, -0.2) is 9.97 Å². The molecule has 162 valence electrons. The maximum absolute atomic E-state index is 13.4. The number of aromatic nitrogens is 2. The minimum absolute atomic E-state index is 0.00343. The van der Waals surface area contributed by atoms with Crippen LogP contribution in [0.5, 0.6) is 11.6 Å². The summed E-state index contributed by atoms with van der Waals surface area (Å²) in [5, 5.41) is 11.7. The number of hydrogen-bond acceptors (Lipinski definition) is 5. The third-order valence-electron chi connectivity index (χ3n) is 7.47. The quantitative estimate of drug-likeness (QED) is 0.520. The second-order valence-corrected chi connectivity index (χ2v) is 9.56. The number of aryl methyl sites for hydroxylation is 1. The number of fused-ring (bicyclic) bond motifs is 6. The van der Waals surface area contributed by atoms with Gasteiger partial charge in [0.05, 0.1) is 22.8 Å². The number of rotatable bonds is 4. The Morgan fingerprint density at radius 3 is 2.69 bits per heavy atom. The van der Waals surface area contributed by atoms with Crippen molar-refractivity contribution in [2.45, 2.75) is 32.6 Å². The summed E-state index contributed by atoms with van der Waals surface area (Å²) in [6.45, 7) is 2.06. The molecule has 32 heavy (non-hydrogen) atoms. The van der Waals surface area contributed by atoms with Gasteiger partial charge in [-0.2, -0.15) is 0 Å². The Kier molecular flexibility index (Phi) is 4.51. The van der Waals surface area contributed by atoms with E-state index in [1.54, 1.807) is 24.4 Å². The van der Waals surface area contributed by atoms with Gasteiger partial charge >= 0.3 is 0 Å². The van der Waals surface area contributed by atoms with Crippen LogP contribution in [-0.2, 0) is 11.2 Å². The Balaban J connectivity index is 1.37. The van der Waals surface area contributed by atoms with E-state index in [4.69, 9.17) is 16.3 Å². The van der Waals surface area contributed by atoms with Crippen LogP contribution < -0.4 is 4.74 Å². The van der Waals surface area contributed by atoms with Crippen LogP contribution >= 0.6 is 11.6 Å².